The number of anilines is 2. The van der Waals surface area contributed by atoms with E-state index in [9.17, 15) is 4.79 Å². The van der Waals surface area contributed by atoms with Crippen LogP contribution in [0.15, 0.2) is 18.2 Å². The maximum absolute atomic E-state index is 10.1. The van der Waals surface area contributed by atoms with Crippen LogP contribution < -0.4 is 11.5 Å². The molecule has 0 amide bonds. The fraction of sp³-hybridized carbons (Fsp3) is 0.222. The van der Waals surface area contributed by atoms with Crippen molar-refractivity contribution in [1.82, 2.24) is 0 Å². The number of hydrogen-bond acceptors (Lipinski definition) is 3. The molecular formula is C9H12N2O. The second kappa shape index (κ2) is 3.76. The summed E-state index contributed by atoms with van der Waals surface area (Å²) >= 11 is 0. The first-order chi connectivity index (χ1) is 5.74. The van der Waals surface area contributed by atoms with Crippen molar-refractivity contribution in [3.8, 4) is 0 Å². The van der Waals surface area contributed by atoms with Crippen LogP contribution in [-0.2, 0) is 11.2 Å². The Kier molecular flexibility index (Phi) is 2.69. The van der Waals surface area contributed by atoms with E-state index in [2.05, 4.69) is 0 Å². The molecule has 0 saturated carbocycles. The standard InChI is InChI=1S/C9H12N2O/c10-8-4-3-7(2-1-5-12)6-9(8)11/h3-6H,1-2,10-11H2. The molecule has 0 aromatic heterocycles. The highest BCUT2D eigenvalue weighted by atomic mass is 16.1. The quantitative estimate of drug-likeness (QED) is 0.517. The van der Waals surface area contributed by atoms with Crippen molar-refractivity contribution in [1.29, 1.82) is 0 Å². The predicted octanol–water partition coefficient (Wildman–Crippen LogP) is 0.982. The van der Waals surface area contributed by atoms with Gasteiger partial charge in [0.15, 0.2) is 0 Å². The Morgan fingerprint density at radius 1 is 1.25 bits per heavy atom. The number of aryl methyl sites for hydroxylation is 1. The van der Waals surface area contributed by atoms with Crippen LogP contribution >= 0.6 is 0 Å². The third kappa shape index (κ3) is 1.99. The molecule has 0 heterocycles. The number of hydrogen-bond donors (Lipinski definition) is 2. The van der Waals surface area contributed by atoms with Gasteiger partial charge in [-0.1, -0.05) is 6.07 Å². The van der Waals surface area contributed by atoms with E-state index in [0.29, 0.717) is 17.8 Å². The van der Waals surface area contributed by atoms with Crippen molar-refractivity contribution in [2.75, 3.05) is 11.5 Å². The minimum Gasteiger partial charge on any atom is -0.397 e. The zero-order valence-corrected chi connectivity index (χ0v) is 6.79. The molecule has 0 bridgehead atoms. The molecule has 0 fully saturated rings. The molecule has 4 N–H and O–H groups in total. The lowest BCUT2D eigenvalue weighted by Gasteiger charge is -2.02. The van der Waals surface area contributed by atoms with Crippen molar-refractivity contribution in [3.05, 3.63) is 23.8 Å². The van der Waals surface area contributed by atoms with Gasteiger partial charge in [0.2, 0.25) is 0 Å². The first-order valence-corrected chi connectivity index (χ1v) is 3.81. The van der Waals surface area contributed by atoms with Crippen LogP contribution in [0.4, 0.5) is 11.4 Å². The first kappa shape index (κ1) is 8.59. The molecule has 0 aliphatic carbocycles. The minimum absolute atomic E-state index is 0.531. The van der Waals surface area contributed by atoms with E-state index in [0.717, 1.165) is 18.3 Å². The summed E-state index contributed by atoms with van der Waals surface area (Å²) in [5.74, 6) is 0. The minimum atomic E-state index is 0.531. The summed E-state index contributed by atoms with van der Waals surface area (Å²) in [5.41, 5.74) is 13.3. The molecular weight excluding hydrogens is 152 g/mol. The number of nitrogens with two attached hydrogens (primary N) is 2. The number of carbonyl (C=O) groups excluding carboxylic acids is 1. The van der Waals surface area contributed by atoms with Crippen LogP contribution in [0.3, 0.4) is 0 Å². The molecule has 1 aromatic rings. The summed E-state index contributed by atoms with van der Waals surface area (Å²) in [4.78, 5) is 10.1. The molecule has 0 radical (unpaired) electrons. The van der Waals surface area contributed by atoms with Gasteiger partial charge in [0.25, 0.3) is 0 Å². The summed E-state index contributed by atoms with van der Waals surface area (Å²) in [6.45, 7) is 0. The topological polar surface area (TPSA) is 69.1 Å². The van der Waals surface area contributed by atoms with Crippen LogP contribution in [0.25, 0.3) is 0 Å². The molecule has 0 aliphatic heterocycles. The van der Waals surface area contributed by atoms with Gasteiger partial charge in [-0.25, -0.2) is 0 Å². The highest BCUT2D eigenvalue weighted by Crippen LogP contribution is 2.16. The average molecular weight is 164 g/mol. The normalized spacial score (nSPS) is 9.67. The summed E-state index contributed by atoms with van der Waals surface area (Å²) in [7, 11) is 0. The maximum Gasteiger partial charge on any atom is 0.120 e. The third-order valence-corrected chi connectivity index (χ3v) is 1.70. The number of aldehydes is 1. The molecule has 64 valence electrons. The van der Waals surface area contributed by atoms with E-state index in [1.54, 1.807) is 12.1 Å². The van der Waals surface area contributed by atoms with Crippen molar-refractivity contribution in [2.24, 2.45) is 0 Å². The lowest BCUT2D eigenvalue weighted by atomic mass is 10.1. The maximum atomic E-state index is 10.1. The zero-order chi connectivity index (χ0) is 8.97. The van der Waals surface area contributed by atoms with Crippen LogP contribution in [0.5, 0.6) is 0 Å². The number of benzene rings is 1. The fourth-order valence-electron chi connectivity index (χ4n) is 1.01. The van der Waals surface area contributed by atoms with E-state index >= 15 is 0 Å². The van der Waals surface area contributed by atoms with Gasteiger partial charge in [0.05, 0.1) is 11.4 Å². The van der Waals surface area contributed by atoms with Crippen LogP contribution in [-0.4, -0.2) is 6.29 Å². The second-order valence-electron chi connectivity index (χ2n) is 2.67. The molecule has 0 saturated heterocycles. The molecule has 0 atom stereocenters. The molecule has 0 aliphatic rings. The molecule has 1 rings (SSSR count). The van der Waals surface area contributed by atoms with Gasteiger partial charge in [-0.3, -0.25) is 0 Å². The zero-order valence-electron chi connectivity index (χ0n) is 6.79. The van der Waals surface area contributed by atoms with Gasteiger partial charge in [-0.05, 0) is 24.1 Å². The molecule has 3 heteroatoms. The first-order valence-electron chi connectivity index (χ1n) is 3.81. The third-order valence-electron chi connectivity index (χ3n) is 1.70. The smallest absolute Gasteiger partial charge is 0.120 e. The van der Waals surface area contributed by atoms with Gasteiger partial charge in [0, 0.05) is 6.42 Å². The Morgan fingerprint density at radius 2 is 2.00 bits per heavy atom. The Hall–Kier alpha value is -1.51. The van der Waals surface area contributed by atoms with Crippen LogP contribution in [0.2, 0.25) is 0 Å². The summed E-state index contributed by atoms with van der Waals surface area (Å²) in [6, 6.07) is 5.45. The summed E-state index contributed by atoms with van der Waals surface area (Å²) in [6.07, 6.45) is 2.16. The number of carbonyl (C=O) groups is 1. The number of rotatable bonds is 3. The van der Waals surface area contributed by atoms with Crippen molar-refractivity contribution >= 4 is 17.7 Å². The Morgan fingerprint density at radius 3 is 2.58 bits per heavy atom. The lowest BCUT2D eigenvalue weighted by molar-refractivity contribution is -0.107. The van der Waals surface area contributed by atoms with Crippen molar-refractivity contribution in [3.63, 3.8) is 0 Å². The van der Waals surface area contributed by atoms with E-state index in [4.69, 9.17) is 11.5 Å². The molecule has 12 heavy (non-hydrogen) atoms. The summed E-state index contributed by atoms with van der Waals surface area (Å²) < 4.78 is 0. The highest BCUT2D eigenvalue weighted by Gasteiger charge is 1.96. The van der Waals surface area contributed by atoms with Crippen molar-refractivity contribution < 1.29 is 4.79 Å². The average Bonchev–Trinajstić information content (AvgIpc) is 2.07. The van der Waals surface area contributed by atoms with E-state index in [-0.39, 0.29) is 0 Å². The highest BCUT2D eigenvalue weighted by molar-refractivity contribution is 5.64. The van der Waals surface area contributed by atoms with Gasteiger partial charge in [0.1, 0.15) is 6.29 Å². The van der Waals surface area contributed by atoms with Gasteiger partial charge < -0.3 is 16.3 Å². The van der Waals surface area contributed by atoms with Gasteiger partial charge in [-0.15, -0.1) is 0 Å². The van der Waals surface area contributed by atoms with Crippen LogP contribution in [0, 0.1) is 0 Å². The van der Waals surface area contributed by atoms with E-state index in [1.165, 1.54) is 0 Å². The van der Waals surface area contributed by atoms with Crippen LogP contribution in [0.1, 0.15) is 12.0 Å². The predicted molar refractivity (Wildman–Crippen MR) is 49.7 cm³/mol. The second-order valence-corrected chi connectivity index (χ2v) is 2.67. The SMILES string of the molecule is Nc1ccc(CCC=O)cc1N. The molecule has 1 aromatic carbocycles. The van der Waals surface area contributed by atoms with E-state index < -0.39 is 0 Å². The molecule has 0 unspecified atom stereocenters. The molecule has 0 spiro atoms. The summed E-state index contributed by atoms with van der Waals surface area (Å²) in [5, 5.41) is 0. The van der Waals surface area contributed by atoms with Gasteiger partial charge in [-0.2, -0.15) is 0 Å². The monoisotopic (exact) mass is 164 g/mol. The number of nitrogen functional groups attached to an aromatic ring is 2. The largest absolute Gasteiger partial charge is 0.397 e. The lowest BCUT2D eigenvalue weighted by Crippen LogP contribution is -1.96. The fourth-order valence-corrected chi connectivity index (χ4v) is 1.01. The van der Waals surface area contributed by atoms with E-state index in [1.807, 2.05) is 6.07 Å². The Bertz CT molecular complexity index is 284. The van der Waals surface area contributed by atoms with Gasteiger partial charge >= 0.3 is 0 Å². The molecule has 3 nitrogen and oxygen atoms in total. The van der Waals surface area contributed by atoms with Crippen molar-refractivity contribution in [2.45, 2.75) is 12.8 Å². The Balaban J connectivity index is 2.75. The Labute approximate surface area is 71.4 Å².